The van der Waals surface area contributed by atoms with Crippen molar-refractivity contribution in [3.05, 3.63) is 34.9 Å². The van der Waals surface area contributed by atoms with Gasteiger partial charge >= 0.3 is 0 Å². The summed E-state index contributed by atoms with van der Waals surface area (Å²) in [6.07, 6.45) is 5.63. The van der Waals surface area contributed by atoms with Gasteiger partial charge in [0.1, 0.15) is 0 Å². The summed E-state index contributed by atoms with van der Waals surface area (Å²) in [7, 11) is 0. The Bertz CT molecular complexity index is 597. The molecule has 4 heteroatoms. The van der Waals surface area contributed by atoms with Crippen LogP contribution in [0.5, 0.6) is 0 Å². The topological polar surface area (TPSA) is 58.2 Å². The third-order valence-corrected chi connectivity index (χ3v) is 5.27. The predicted molar refractivity (Wildman–Crippen MR) is 85.1 cm³/mol. The van der Waals surface area contributed by atoms with E-state index >= 15 is 0 Å². The highest BCUT2D eigenvalue weighted by Crippen LogP contribution is 2.49. The molecule has 0 radical (unpaired) electrons. The van der Waals surface area contributed by atoms with E-state index < -0.39 is 0 Å². The second-order valence-corrected chi connectivity index (χ2v) is 6.96. The largest absolute Gasteiger partial charge is 0.273 e. The Morgan fingerprint density at radius 3 is 2.59 bits per heavy atom. The van der Waals surface area contributed by atoms with Crippen LogP contribution in [-0.4, -0.2) is 11.8 Å². The summed E-state index contributed by atoms with van der Waals surface area (Å²) in [5.41, 5.74) is 7.75. The summed E-state index contributed by atoms with van der Waals surface area (Å²) in [6.45, 7) is 3.89. The van der Waals surface area contributed by atoms with Crippen molar-refractivity contribution >= 4 is 11.8 Å². The van der Waals surface area contributed by atoms with Gasteiger partial charge in [-0.1, -0.05) is 24.1 Å². The fraction of sp³-hybridized carbons (Fsp3) is 0.556. The van der Waals surface area contributed by atoms with Gasteiger partial charge in [0, 0.05) is 12.0 Å². The van der Waals surface area contributed by atoms with Crippen LogP contribution in [0.4, 0.5) is 0 Å². The Morgan fingerprint density at radius 2 is 1.95 bits per heavy atom. The molecule has 3 rings (SSSR count). The maximum absolute atomic E-state index is 12.1. The molecule has 3 atom stereocenters. The lowest BCUT2D eigenvalue weighted by Crippen LogP contribution is -2.42. The maximum Gasteiger partial charge on any atom is 0.269 e. The summed E-state index contributed by atoms with van der Waals surface area (Å²) in [6, 6.07) is 5.66. The molecule has 2 amide bonds. The molecule has 0 heterocycles. The van der Waals surface area contributed by atoms with E-state index in [0.29, 0.717) is 17.9 Å². The van der Waals surface area contributed by atoms with E-state index in [2.05, 4.69) is 10.9 Å². The number of hydrogen-bond acceptors (Lipinski definition) is 2. The van der Waals surface area contributed by atoms with Crippen LogP contribution in [0.1, 0.15) is 53.6 Å². The molecule has 1 aromatic rings. The van der Waals surface area contributed by atoms with E-state index in [-0.39, 0.29) is 11.8 Å². The zero-order valence-corrected chi connectivity index (χ0v) is 13.3. The Hall–Kier alpha value is -1.84. The molecule has 0 aromatic heterocycles. The van der Waals surface area contributed by atoms with Gasteiger partial charge in [-0.15, -0.1) is 0 Å². The number of carbonyl (C=O) groups excluding carboxylic acids is 2. The van der Waals surface area contributed by atoms with Crippen molar-refractivity contribution in [2.24, 2.45) is 17.8 Å². The molecule has 2 saturated carbocycles. The molecule has 4 nitrogen and oxygen atoms in total. The van der Waals surface area contributed by atoms with E-state index in [9.17, 15) is 9.59 Å². The highest BCUT2D eigenvalue weighted by Gasteiger charge is 2.40. The molecule has 2 fully saturated rings. The third-order valence-electron chi connectivity index (χ3n) is 5.27. The summed E-state index contributed by atoms with van der Waals surface area (Å²) in [5, 5.41) is 0. The van der Waals surface area contributed by atoms with E-state index in [0.717, 1.165) is 23.0 Å². The van der Waals surface area contributed by atoms with Gasteiger partial charge in [0.05, 0.1) is 0 Å². The molecule has 0 unspecified atom stereocenters. The highest BCUT2D eigenvalue weighted by atomic mass is 16.2. The predicted octanol–water partition coefficient (Wildman–Crippen LogP) is 2.89. The molecular formula is C18H24N2O2. The van der Waals surface area contributed by atoms with E-state index in [4.69, 9.17) is 0 Å². The third kappa shape index (κ3) is 3.16. The van der Waals surface area contributed by atoms with Crippen molar-refractivity contribution in [2.75, 3.05) is 0 Å². The van der Waals surface area contributed by atoms with Crippen molar-refractivity contribution < 1.29 is 9.59 Å². The molecular weight excluding hydrogens is 276 g/mol. The minimum Gasteiger partial charge on any atom is -0.273 e. The quantitative estimate of drug-likeness (QED) is 0.843. The minimum absolute atomic E-state index is 0.0735. The summed E-state index contributed by atoms with van der Waals surface area (Å²) in [4.78, 5) is 24.1. The number of hydrazine groups is 1. The molecule has 0 aliphatic heterocycles. The fourth-order valence-electron chi connectivity index (χ4n) is 4.18. The van der Waals surface area contributed by atoms with Crippen LogP contribution in [-0.2, 0) is 4.79 Å². The van der Waals surface area contributed by atoms with Gasteiger partial charge in [0.25, 0.3) is 5.91 Å². The average Bonchev–Trinajstić information content (AvgIpc) is 3.07. The summed E-state index contributed by atoms with van der Waals surface area (Å²) < 4.78 is 0. The second-order valence-electron chi connectivity index (χ2n) is 6.96. The number of aryl methyl sites for hydroxylation is 2. The van der Waals surface area contributed by atoms with Crippen molar-refractivity contribution in [1.82, 2.24) is 10.9 Å². The van der Waals surface area contributed by atoms with Crippen LogP contribution in [0.2, 0.25) is 0 Å². The first kappa shape index (κ1) is 15.1. The second kappa shape index (κ2) is 6.11. The summed E-state index contributed by atoms with van der Waals surface area (Å²) in [5.74, 6) is 1.75. The molecule has 118 valence electrons. The molecule has 1 aromatic carbocycles. The number of rotatable bonds is 3. The highest BCUT2D eigenvalue weighted by molar-refractivity contribution is 5.96. The SMILES string of the molecule is Cc1ccc(C(=O)NNC(=O)C[C@@H]2C[C@H]3CC[C@@H]2C3)c(C)c1. The summed E-state index contributed by atoms with van der Waals surface area (Å²) >= 11 is 0. The van der Waals surface area contributed by atoms with Crippen molar-refractivity contribution in [3.8, 4) is 0 Å². The van der Waals surface area contributed by atoms with Crippen LogP contribution in [0.3, 0.4) is 0 Å². The van der Waals surface area contributed by atoms with Gasteiger partial charge in [-0.2, -0.15) is 0 Å². The van der Waals surface area contributed by atoms with Gasteiger partial charge in [-0.25, -0.2) is 0 Å². The standard InChI is InChI=1S/C18H24N2O2/c1-11-3-6-16(12(2)7-11)18(22)20-19-17(21)10-15-9-13-4-5-14(15)8-13/h3,6-7,13-15H,4-5,8-10H2,1-2H3,(H,19,21)(H,20,22)/t13-,14+,15-/m0/s1. The van der Waals surface area contributed by atoms with E-state index in [1.165, 1.54) is 25.7 Å². The Kier molecular flexibility index (Phi) is 4.19. The van der Waals surface area contributed by atoms with Gasteiger partial charge in [-0.05, 0) is 62.5 Å². The van der Waals surface area contributed by atoms with Gasteiger partial charge in [0.15, 0.2) is 0 Å². The number of nitrogens with one attached hydrogen (secondary N) is 2. The van der Waals surface area contributed by atoms with Crippen LogP contribution < -0.4 is 10.9 Å². The van der Waals surface area contributed by atoms with Crippen molar-refractivity contribution in [3.63, 3.8) is 0 Å². The average molecular weight is 300 g/mol. The van der Waals surface area contributed by atoms with Gasteiger partial charge in [0.2, 0.25) is 5.91 Å². The first-order valence-electron chi connectivity index (χ1n) is 8.19. The number of fused-ring (bicyclic) bond motifs is 2. The Labute approximate surface area is 131 Å². The zero-order chi connectivity index (χ0) is 15.7. The molecule has 2 aliphatic rings. The smallest absolute Gasteiger partial charge is 0.269 e. The number of carbonyl (C=O) groups is 2. The fourth-order valence-corrected chi connectivity index (χ4v) is 4.18. The number of benzene rings is 1. The van der Waals surface area contributed by atoms with Crippen LogP contribution in [0, 0.1) is 31.6 Å². The molecule has 0 saturated heterocycles. The van der Waals surface area contributed by atoms with Crippen LogP contribution in [0.15, 0.2) is 18.2 Å². The number of amides is 2. The molecule has 22 heavy (non-hydrogen) atoms. The molecule has 2 aliphatic carbocycles. The van der Waals surface area contributed by atoms with Gasteiger partial charge < -0.3 is 0 Å². The maximum atomic E-state index is 12.1. The van der Waals surface area contributed by atoms with E-state index in [1.54, 1.807) is 6.07 Å². The molecule has 2 N–H and O–H groups in total. The monoisotopic (exact) mass is 300 g/mol. The first-order valence-corrected chi connectivity index (χ1v) is 8.19. The van der Waals surface area contributed by atoms with Gasteiger partial charge in [-0.3, -0.25) is 20.4 Å². The molecule has 0 spiro atoms. The van der Waals surface area contributed by atoms with Crippen LogP contribution in [0.25, 0.3) is 0 Å². The lowest BCUT2D eigenvalue weighted by Gasteiger charge is -2.21. The normalized spacial score (nSPS) is 26.0. The van der Waals surface area contributed by atoms with E-state index in [1.807, 2.05) is 26.0 Å². The Morgan fingerprint density at radius 1 is 1.14 bits per heavy atom. The Balaban J connectivity index is 1.49. The van der Waals surface area contributed by atoms with Crippen molar-refractivity contribution in [2.45, 2.75) is 46.0 Å². The van der Waals surface area contributed by atoms with Crippen molar-refractivity contribution in [1.29, 1.82) is 0 Å². The molecule has 2 bridgehead atoms. The first-order chi connectivity index (χ1) is 10.5. The lowest BCUT2D eigenvalue weighted by molar-refractivity contribution is -0.123. The minimum atomic E-state index is -0.251. The van der Waals surface area contributed by atoms with Crippen LogP contribution >= 0.6 is 0 Å². The lowest BCUT2D eigenvalue weighted by atomic mass is 9.86. The zero-order valence-electron chi connectivity index (χ0n) is 13.3. The number of hydrogen-bond donors (Lipinski definition) is 2.